The van der Waals surface area contributed by atoms with Crippen LogP contribution in [0.3, 0.4) is 0 Å². The van der Waals surface area contributed by atoms with Crippen molar-refractivity contribution in [1.29, 1.82) is 0 Å². The number of nitrogens with one attached hydrogen (secondary N) is 2. The van der Waals surface area contributed by atoms with E-state index >= 15 is 0 Å². The van der Waals surface area contributed by atoms with Crippen LogP contribution in [-0.4, -0.2) is 34.9 Å². The number of nitrogen functional groups attached to an aromatic ring is 1. The summed E-state index contributed by atoms with van der Waals surface area (Å²) in [6, 6.07) is 0. The van der Waals surface area contributed by atoms with E-state index in [2.05, 4.69) is 20.7 Å². The molecular formula is C9H12N6O2. The molecule has 1 aromatic heterocycles. The number of amides is 2. The zero-order chi connectivity index (χ0) is 12.4. The predicted octanol–water partition coefficient (Wildman–Crippen LogP) is -1.47. The third kappa shape index (κ3) is 2.16. The maximum atomic E-state index is 11.3. The van der Waals surface area contributed by atoms with Crippen molar-refractivity contribution in [1.82, 2.24) is 15.3 Å². The summed E-state index contributed by atoms with van der Waals surface area (Å²) in [5.74, 6) is 5.60. The first-order valence-corrected chi connectivity index (χ1v) is 4.97. The van der Waals surface area contributed by atoms with Crippen molar-refractivity contribution in [2.45, 2.75) is 6.92 Å². The Morgan fingerprint density at radius 1 is 1.35 bits per heavy atom. The Hall–Kier alpha value is -2.22. The van der Waals surface area contributed by atoms with Gasteiger partial charge in [-0.3, -0.25) is 14.9 Å². The van der Waals surface area contributed by atoms with Gasteiger partial charge < -0.3 is 10.3 Å². The number of piperazine rings is 1. The molecule has 0 atom stereocenters. The van der Waals surface area contributed by atoms with Crippen molar-refractivity contribution in [3.8, 4) is 0 Å². The molecule has 1 fully saturated rings. The van der Waals surface area contributed by atoms with Gasteiger partial charge in [0.2, 0.25) is 11.8 Å². The second-order valence-corrected chi connectivity index (χ2v) is 3.64. The van der Waals surface area contributed by atoms with Crippen LogP contribution in [-0.2, 0) is 9.59 Å². The largest absolute Gasteiger partial charge is 0.338 e. The third-order valence-electron chi connectivity index (χ3n) is 2.44. The summed E-state index contributed by atoms with van der Waals surface area (Å²) in [7, 11) is 0. The maximum absolute atomic E-state index is 11.3. The molecule has 1 saturated heterocycles. The Labute approximate surface area is 97.2 Å². The van der Waals surface area contributed by atoms with Gasteiger partial charge >= 0.3 is 0 Å². The van der Waals surface area contributed by atoms with E-state index in [4.69, 9.17) is 5.84 Å². The minimum absolute atomic E-state index is 0.0909. The fraction of sp³-hybridized carbons (Fsp3) is 0.333. The molecule has 0 spiro atoms. The number of nitrogens with zero attached hydrogens (tertiary/aromatic N) is 3. The smallest absolute Gasteiger partial charge is 0.246 e. The average molecular weight is 236 g/mol. The molecule has 2 rings (SSSR count). The molecule has 90 valence electrons. The van der Waals surface area contributed by atoms with Crippen molar-refractivity contribution in [2.75, 3.05) is 23.4 Å². The SMILES string of the molecule is Cc1c(NN)ncnc1N1CC(=O)NC(=O)C1. The summed E-state index contributed by atoms with van der Waals surface area (Å²) < 4.78 is 0. The number of nitrogens with two attached hydrogens (primary N) is 1. The second kappa shape index (κ2) is 4.34. The fourth-order valence-electron chi connectivity index (χ4n) is 1.69. The van der Waals surface area contributed by atoms with E-state index in [0.29, 0.717) is 17.2 Å². The van der Waals surface area contributed by atoms with Gasteiger partial charge in [0.05, 0.1) is 13.1 Å². The Morgan fingerprint density at radius 3 is 2.59 bits per heavy atom. The molecule has 8 nitrogen and oxygen atoms in total. The molecule has 2 amide bonds. The molecule has 8 heteroatoms. The standard InChI is InChI=1S/C9H12N6O2/c1-5-8(14-10)11-4-12-9(5)15-2-6(16)13-7(17)3-15/h4H,2-3,10H2,1H3,(H,11,12,14)(H,13,16,17). The van der Waals surface area contributed by atoms with Gasteiger partial charge in [-0.2, -0.15) is 0 Å². The molecule has 0 saturated carbocycles. The number of carbonyl (C=O) groups is 2. The summed E-state index contributed by atoms with van der Waals surface area (Å²) in [6.07, 6.45) is 1.33. The zero-order valence-corrected chi connectivity index (χ0v) is 9.23. The number of rotatable bonds is 2. The van der Waals surface area contributed by atoms with Gasteiger partial charge in [0.15, 0.2) is 0 Å². The maximum Gasteiger partial charge on any atom is 0.246 e. The molecule has 4 N–H and O–H groups in total. The molecular weight excluding hydrogens is 224 g/mol. The lowest BCUT2D eigenvalue weighted by atomic mass is 10.2. The van der Waals surface area contributed by atoms with Crippen molar-refractivity contribution < 1.29 is 9.59 Å². The van der Waals surface area contributed by atoms with Crippen LogP contribution < -0.4 is 21.5 Å². The average Bonchev–Trinajstić information content (AvgIpc) is 2.28. The van der Waals surface area contributed by atoms with Gasteiger partial charge in [-0.15, -0.1) is 0 Å². The molecule has 1 aliphatic heterocycles. The van der Waals surface area contributed by atoms with Crippen LogP contribution in [0, 0.1) is 6.92 Å². The van der Waals surface area contributed by atoms with E-state index in [1.807, 2.05) is 0 Å². The van der Waals surface area contributed by atoms with Crippen molar-refractivity contribution >= 4 is 23.5 Å². The van der Waals surface area contributed by atoms with Crippen LogP contribution in [0.5, 0.6) is 0 Å². The number of carbonyl (C=O) groups excluding carboxylic acids is 2. The normalized spacial score (nSPS) is 15.8. The van der Waals surface area contributed by atoms with Gasteiger partial charge in [0.1, 0.15) is 18.0 Å². The van der Waals surface area contributed by atoms with E-state index in [1.165, 1.54) is 6.33 Å². The van der Waals surface area contributed by atoms with Gasteiger partial charge in [-0.25, -0.2) is 15.8 Å². The lowest BCUT2D eigenvalue weighted by Crippen LogP contribution is -2.52. The summed E-state index contributed by atoms with van der Waals surface area (Å²) in [6.45, 7) is 1.95. The summed E-state index contributed by atoms with van der Waals surface area (Å²) >= 11 is 0. The quantitative estimate of drug-likeness (QED) is 0.326. The zero-order valence-electron chi connectivity index (χ0n) is 9.23. The summed E-state index contributed by atoms with van der Waals surface area (Å²) in [4.78, 5) is 32.1. The number of hydrogen-bond donors (Lipinski definition) is 3. The Kier molecular flexibility index (Phi) is 2.88. The molecule has 2 heterocycles. The van der Waals surface area contributed by atoms with Crippen LogP contribution in [0.2, 0.25) is 0 Å². The topological polar surface area (TPSA) is 113 Å². The third-order valence-corrected chi connectivity index (χ3v) is 2.44. The molecule has 0 unspecified atom stereocenters. The number of hydrogen-bond acceptors (Lipinski definition) is 7. The van der Waals surface area contributed by atoms with E-state index in [-0.39, 0.29) is 24.9 Å². The highest BCUT2D eigenvalue weighted by Crippen LogP contribution is 2.21. The van der Waals surface area contributed by atoms with Crippen LogP contribution >= 0.6 is 0 Å². The molecule has 17 heavy (non-hydrogen) atoms. The monoisotopic (exact) mass is 236 g/mol. The van der Waals surface area contributed by atoms with Crippen LogP contribution in [0.15, 0.2) is 6.33 Å². The first-order chi connectivity index (χ1) is 8.11. The first kappa shape index (κ1) is 11.3. The highest BCUT2D eigenvalue weighted by Gasteiger charge is 2.25. The second-order valence-electron chi connectivity index (χ2n) is 3.64. The molecule has 0 radical (unpaired) electrons. The minimum atomic E-state index is -0.346. The molecule has 0 aliphatic carbocycles. The van der Waals surface area contributed by atoms with Crippen molar-refractivity contribution in [3.63, 3.8) is 0 Å². The van der Waals surface area contributed by atoms with E-state index < -0.39 is 0 Å². The van der Waals surface area contributed by atoms with E-state index in [9.17, 15) is 9.59 Å². The van der Waals surface area contributed by atoms with Gasteiger partial charge in [0.25, 0.3) is 0 Å². The van der Waals surface area contributed by atoms with Gasteiger partial charge in [-0.05, 0) is 6.92 Å². The summed E-state index contributed by atoms with van der Waals surface area (Å²) in [5.41, 5.74) is 3.13. The van der Waals surface area contributed by atoms with Gasteiger partial charge in [-0.1, -0.05) is 0 Å². The highest BCUT2D eigenvalue weighted by molar-refractivity contribution is 6.02. The number of anilines is 2. The van der Waals surface area contributed by atoms with Crippen molar-refractivity contribution in [3.05, 3.63) is 11.9 Å². The lowest BCUT2D eigenvalue weighted by Gasteiger charge is -2.27. The van der Waals surface area contributed by atoms with Crippen LogP contribution in [0.1, 0.15) is 5.56 Å². The lowest BCUT2D eigenvalue weighted by molar-refractivity contribution is -0.130. The van der Waals surface area contributed by atoms with Crippen LogP contribution in [0.25, 0.3) is 0 Å². The predicted molar refractivity (Wildman–Crippen MR) is 59.9 cm³/mol. The minimum Gasteiger partial charge on any atom is -0.338 e. The number of imide groups is 1. The van der Waals surface area contributed by atoms with E-state index in [1.54, 1.807) is 11.8 Å². The van der Waals surface area contributed by atoms with Crippen molar-refractivity contribution in [2.24, 2.45) is 5.84 Å². The van der Waals surface area contributed by atoms with Crippen LogP contribution in [0.4, 0.5) is 11.6 Å². The number of aromatic nitrogens is 2. The number of hydrazine groups is 1. The fourth-order valence-corrected chi connectivity index (χ4v) is 1.69. The first-order valence-electron chi connectivity index (χ1n) is 4.97. The Morgan fingerprint density at radius 2 is 2.00 bits per heavy atom. The van der Waals surface area contributed by atoms with Gasteiger partial charge in [0, 0.05) is 5.56 Å². The van der Waals surface area contributed by atoms with E-state index in [0.717, 1.165) is 0 Å². The molecule has 1 aromatic rings. The molecule has 1 aliphatic rings. The molecule has 0 aromatic carbocycles. The Balaban J connectivity index is 2.33. The molecule has 0 bridgehead atoms. The highest BCUT2D eigenvalue weighted by atomic mass is 16.2. The Bertz CT molecular complexity index is 459. The summed E-state index contributed by atoms with van der Waals surface area (Å²) in [5, 5.41) is 2.22.